The first-order chi connectivity index (χ1) is 9.49. The minimum absolute atomic E-state index is 0.307. The Morgan fingerprint density at radius 1 is 1.10 bits per heavy atom. The van der Waals surface area contributed by atoms with Gasteiger partial charge in [-0.1, -0.05) is 35.4 Å². The summed E-state index contributed by atoms with van der Waals surface area (Å²) in [5, 5.41) is 14.4. The second-order valence-electron chi connectivity index (χ2n) is 4.59. The van der Waals surface area contributed by atoms with E-state index in [-0.39, 0.29) is 5.91 Å². The molecule has 0 saturated heterocycles. The van der Waals surface area contributed by atoms with Gasteiger partial charge in [-0.05, 0) is 31.0 Å². The molecule has 0 heterocycles. The molecule has 0 saturated carbocycles. The van der Waals surface area contributed by atoms with Gasteiger partial charge in [0.2, 0.25) is 5.91 Å². The fourth-order valence-corrected chi connectivity index (χ4v) is 2.47. The fourth-order valence-electron chi connectivity index (χ4n) is 2.17. The van der Waals surface area contributed by atoms with Crippen molar-refractivity contribution in [3.63, 3.8) is 0 Å². The Morgan fingerprint density at radius 3 is 2.35 bits per heavy atom. The number of allylic oxidation sites excluding steroid dienone is 2. The third-order valence-electron chi connectivity index (χ3n) is 3.26. The van der Waals surface area contributed by atoms with Gasteiger partial charge in [0.25, 0.3) is 0 Å². The van der Waals surface area contributed by atoms with Gasteiger partial charge >= 0.3 is 0 Å². The Kier molecular flexibility index (Phi) is 4.68. The van der Waals surface area contributed by atoms with Crippen LogP contribution >= 0.6 is 23.2 Å². The number of amides is 1. The predicted octanol–water partition coefficient (Wildman–Crippen LogP) is 2.26. The molecule has 1 aromatic carbocycles. The minimum atomic E-state index is -1.20. The average Bonchev–Trinajstić information content (AvgIpc) is 2.43. The Hall–Kier alpha value is -1.52. The van der Waals surface area contributed by atoms with Crippen LogP contribution in [0.5, 0.6) is 0 Å². The fraction of sp³-hybridized carbons (Fsp3) is 0.286. The third kappa shape index (κ3) is 3.32. The molecule has 0 bridgehead atoms. The first kappa shape index (κ1) is 14.9. The molecule has 20 heavy (non-hydrogen) atoms. The van der Waals surface area contributed by atoms with Gasteiger partial charge in [0.15, 0.2) is 0 Å². The Labute approximate surface area is 126 Å². The van der Waals surface area contributed by atoms with E-state index in [1.54, 1.807) is 24.3 Å². The Balaban J connectivity index is 2.12. The van der Waals surface area contributed by atoms with Gasteiger partial charge in [-0.25, -0.2) is 0 Å². The van der Waals surface area contributed by atoms with Crippen molar-refractivity contribution in [2.45, 2.75) is 12.8 Å². The maximum Gasteiger partial charge on any atom is 0.228 e. The van der Waals surface area contributed by atoms with Crippen molar-refractivity contribution in [2.24, 2.45) is 11.8 Å². The van der Waals surface area contributed by atoms with Crippen LogP contribution in [-0.2, 0) is 9.59 Å². The van der Waals surface area contributed by atoms with Crippen LogP contribution in [0.4, 0.5) is 5.69 Å². The monoisotopic (exact) mass is 312 g/mol. The van der Waals surface area contributed by atoms with E-state index < -0.39 is 17.8 Å². The number of anilines is 1. The highest BCUT2D eigenvalue weighted by Crippen LogP contribution is 2.28. The maximum atomic E-state index is 12.2. The number of carboxylic acid groups (broad SMARTS) is 1. The largest absolute Gasteiger partial charge is 0.550 e. The highest BCUT2D eigenvalue weighted by Gasteiger charge is 2.29. The molecule has 0 unspecified atom stereocenters. The molecule has 2 rings (SSSR count). The van der Waals surface area contributed by atoms with Crippen LogP contribution in [-0.4, -0.2) is 11.9 Å². The molecule has 0 spiro atoms. The molecular formula is C14H12Cl2NO3-. The van der Waals surface area contributed by atoms with Crippen molar-refractivity contribution in [1.29, 1.82) is 0 Å². The van der Waals surface area contributed by atoms with E-state index in [9.17, 15) is 14.7 Å². The van der Waals surface area contributed by atoms with Crippen LogP contribution in [0.2, 0.25) is 10.0 Å². The zero-order valence-corrected chi connectivity index (χ0v) is 11.9. The maximum absolute atomic E-state index is 12.2. The summed E-state index contributed by atoms with van der Waals surface area (Å²) < 4.78 is 0. The molecule has 6 heteroatoms. The lowest BCUT2D eigenvalue weighted by Gasteiger charge is -2.28. The lowest BCUT2D eigenvalue weighted by atomic mass is 9.82. The third-order valence-corrected chi connectivity index (χ3v) is 4.00. The van der Waals surface area contributed by atoms with E-state index in [0.717, 1.165) is 0 Å². The number of carbonyl (C=O) groups excluding carboxylic acids is 2. The highest BCUT2D eigenvalue weighted by atomic mass is 35.5. The summed E-state index contributed by atoms with van der Waals surface area (Å²) in [7, 11) is 0. The van der Waals surface area contributed by atoms with Gasteiger partial charge < -0.3 is 15.2 Å². The summed E-state index contributed by atoms with van der Waals surface area (Å²) in [4.78, 5) is 23.2. The smallest absolute Gasteiger partial charge is 0.228 e. The van der Waals surface area contributed by atoms with E-state index in [4.69, 9.17) is 23.2 Å². The van der Waals surface area contributed by atoms with Crippen LogP contribution < -0.4 is 10.4 Å². The number of carboxylic acids is 1. The number of carbonyl (C=O) groups is 2. The molecule has 1 aromatic rings. The Morgan fingerprint density at radius 2 is 1.75 bits per heavy atom. The topological polar surface area (TPSA) is 69.2 Å². The Bertz CT molecular complexity index is 572. The highest BCUT2D eigenvalue weighted by molar-refractivity contribution is 6.42. The summed E-state index contributed by atoms with van der Waals surface area (Å²) in [6.45, 7) is 0. The molecule has 1 amide bonds. The molecule has 1 N–H and O–H groups in total. The quantitative estimate of drug-likeness (QED) is 0.870. The van der Waals surface area contributed by atoms with Gasteiger partial charge in [-0.2, -0.15) is 0 Å². The lowest BCUT2D eigenvalue weighted by molar-refractivity contribution is -0.313. The van der Waals surface area contributed by atoms with E-state index in [0.29, 0.717) is 28.6 Å². The van der Waals surface area contributed by atoms with E-state index >= 15 is 0 Å². The van der Waals surface area contributed by atoms with Crippen molar-refractivity contribution in [1.82, 2.24) is 0 Å². The lowest BCUT2D eigenvalue weighted by Crippen LogP contribution is -2.41. The molecule has 0 radical (unpaired) electrons. The molecule has 1 aliphatic carbocycles. The predicted molar refractivity (Wildman–Crippen MR) is 75.5 cm³/mol. The number of hydrogen-bond donors (Lipinski definition) is 1. The normalized spacial score (nSPS) is 21.5. The van der Waals surface area contributed by atoms with Gasteiger partial charge in [0.1, 0.15) is 0 Å². The molecule has 106 valence electrons. The van der Waals surface area contributed by atoms with E-state index in [1.807, 2.05) is 0 Å². The van der Waals surface area contributed by atoms with Crippen molar-refractivity contribution < 1.29 is 14.7 Å². The van der Waals surface area contributed by atoms with Crippen LogP contribution in [0.1, 0.15) is 12.8 Å². The number of benzene rings is 1. The molecule has 0 fully saturated rings. The molecule has 1 aliphatic rings. The molecule has 0 aromatic heterocycles. The number of halogens is 2. The standard InChI is InChI=1S/C14H13Cl2NO3/c15-11-6-5-8(7-12(11)16)17-13(18)9-3-1-2-4-10(9)14(19)20/h1-2,5-7,9-10H,3-4H2,(H,17,18)(H,19,20)/p-1/t9-,10+/m0/s1. The summed E-state index contributed by atoms with van der Waals surface area (Å²) in [6.07, 6.45) is 4.25. The zero-order chi connectivity index (χ0) is 14.7. The van der Waals surface area contributed by atoms with Crippen LogP contribution in [0, 0.1) is 11.8 Å². The summed E-state index contributed by atoms with van der Waals surface area (Å²) in [6, 6.07) is 4.70. The van der Waals surface area contributed by atoms with Crippen molar-refractivity contribution >= 4 is 40.8 Å². The number of aliphatic carboxylic acids is 1. The number of rotatable bonds is 3. The first-order valence-electron chi connectivity index (χ1n) is 6.11. The van der Waals surface area contributed by atoms with Gasteiger partial charge in [-0.15, -0.1) is 0 Å². The second-order valence-corrected chi connectivity index (χ2v) is 5.41. The number of hydrogen-bond acceptors (Lipinski definition) is 3. The van der Waals surface area contributed by atoms with E-state index in [1.165, 1.54) is 6.07 Å². The van der Waals surface area contributed by atoms with Crippen LogP contribution in [0.15, 0.2) is 30.4 Å². The van der Waals surface area contributed by atoms with Crippen LogP contribution in [0.3, 0.4) is 0 Å². The summed E-state index contributed by atoms with van der Waals surface area (Å²) in [5.41, 5.74) is 0.482. The van der Waals surface area contributed by atoms with E-state index in [2.05, 4.69) is 5.32 Å². The molecular weight excluding hydrogens is 301 g/mol. The summed E-state index contributed by atoms with van der Waals surface area (Å²) >= 11 is 11.7. The van der Waals surface area contributed by atoms with Crippen molar-refractivity contribution in [3.05, 3.63) is 40.4 Å². The van der Waals surface area contributed by atoms with Crippen LogP contribution in [0.25, 0.3) is 0 Å². The minimum Gasteiger partial charge on any atom is -0.550 e. The van der Waals surface area contributed by atoms with Gasteiger partial charge in [-0.3, -0.25) is 4.79 Å². The van der Waals surface area contributed by atoms with Gasteiger partial charge in [0.05, 0.1) is 16.0 Å². The first-order valence-corrected chi connectivity index (χ1v) is 6.86. The number of nitrogens with one attached hydrogen (secondary N) is 1. The second kappa shape index (κ2) is 6.29. The average molecular weight is 313 g/mol. The van der Waals surface area contributed by atoms with Gasteiger partial charge in [0, 0.05) is 17.6 Å². The zero-order valence-electron chi connectivity index (χ0n) is 10.4. The molecule has 0 aliphatic heterocycles. The molecule has 4 nitrogen and oxygen atoms in total. The summed E-state index contributed by atoms with van der Waals surface area (Å²) in [5.74, 6) is -3.01. The SMILES string of the molecule is O=C(Nc1ccc(Cl)c(Cl)c1)[C@H]1CC=CC[C@H]1C(=O)[O-]. The van der Waals surface area contributed by atoms with Crippen molar-refractivity contribution in [2.75, 3.05) is 5.32 Å². The van der Waals surface area contributed by atoms with Crippen molar-refractivity contribution in [3.8, 4) is 0 Å². The molecule has 2 atom stereocenters.